The van der Waals surface area contributed by atoms with E-state index in [1.807, 2.05) is 0 Å². The first kappa shape index (κ1) is 29.0. The zero-order valence-electron chi connectivity index (χ0n) is 12.0. The molecule has 1 fully saturated rings. The van der Waals surface area contributed by atoms with Crippen LogP contribution in [0.5, 0.6) is 0 Å². The second kappa shape index (κ2) is 13.4. The minimum Gasteiger partial charge on any atom is -0.724 e. The second-order valence-electron chi connectivity index (χ2n) is 3.29. The molecule has 0 spiro atoms. The minimum atomic E-state index is -5.31. The van der Waals surface area contributed by atoms with Crippen LogP contribution in [0.1, 0.15) is 6.92 Å². The van der Waals surface area contributed by atoms with Gasteiger partial charge in [0.25, 0.3) is 0 Å². The Morgan fingerprint density at radius 2 is 1.55 bits per heavy atom. The summed E-state index contributed by atoms with van der Waals surface area (Å²) in [5, 5.41) is 0. The third-order valence-electron chi connectivity index (χ3n) is 1.35. The average Bonchev–Trinajstić information content (AvgIpc) is 3.06. The Hall–Kier alpha value is 2.18. The summed E-state index contributed by atoms with van der Waals surface area (Å²) >= 11 is 0. The van der Waals surface area contributed by atoms with E-state index in [-0.39, 0.29) is 115 Å². The maximum absolute atomic E-state index is 10.7. The number of esters is 1. The van der Waals surface area contributed by atoms with Crippen molar-refractivity contribution in [2.75, 3.05) is 13.2 Å². The quantitative estimate of drug-likeness (QED) is 0.0593. The van der Waals surface area contributed by atoms with Crippen LogP contribution in [0.15, 0.2) is 12.2 Å². The summed E-state index contributed by atoms with van der Waals surface area (Å²) in [5.41, 5.74) is 0.431. The molecule has 0 N–H and O–H groups in total. The van der Waals surface area contributed by atoms with E-state index in [2.05, 4.69) is 15.2 Å². The second-order valence-corrected chi connectivity index (χ2v) is 5.19. The molecular weight excluding hydrogens is 402 g/mol. The zero-order valence-corrected chi connectivity index (χ0v) is 19.9. The number of carbonyl (C=O) groups is 1. The van der Waals surface area contributed by atoms with Crippen molar-refractivity contribution in [3.05, 3.63) is 12.2 Å². The normalized spacial score (nSPS) is 16.0. The molecule has 0 bridgehead atoms. The molecule has 0 aromatic carbocycles. The largest absolute Gasteiger partial charge is 1.00 e. The Labute approximate surface area is 212 Å². The maximum Gasteiger partial charge on any atom is 1.00 e. The predicted molar refractivity (Wildman–Crippen MR) is 57.1 cm³/mol. The first-order valence-corrected chi connectivity index (χ1v) is 7.31. The standard InChI is InChI=1S/C7H10O3.2K.H2O8S2/c1-5(2)7(8)10-4-6-3-9-6;;;1-9(2,3)7-8-10(4,5)6/h6H,1,3-4H2,2H3;;;(H,1,2,3)(H,4,5,6)/q;2*+1;/p-2. The van der Waals surface area contributed by atoms with Crippen molar-refractivity contribution < 1.29 is 152 Å². The topological polar surface area (TPSA) is 172 Å². The van der Waals surface area contributed by atoms with Gasteiger partial charge in [0.1, 0.15) is 12.7 Å². The van der Waals surface area contributed by atoms with Gasteiger partial charge in [-0.2, -0.15) is 0 Å². The van der Waals surface area contributed by atoms with E-state index in [1.54, 1.807) is 6.92 Å². The van der Waals surface area contributed by atoms with Crippen molar-refractivity contribution in [1.29, 1.82) is 0 Å². The van der Waals surface area contributed by atoms with Crippen LogP contribution in [0, 0.1) is 0 Å². The maximum atomic E-state index is 10.7. The summed E-state index contributed by atoms with van der Waals surface area (Å²) in [6.07, 6.45) is 0.142. The molecule has 1 aliphatic heterocycles. The van der Waals surface area contributed by atoms with Gasteiger partial charge >= 0.3 is 109 Å². The molecule has 1 rings (SSSR count). The van der Waals surface area contributed by atoms with Gasteiger partial charge in [0, 0.05) is 5.57 Å². The molecule has 0 aliphatic carbocycles. The molecule has 22 heavy (non-hydrogen) atoms. The van der Waals surface area contributed by atoms with Gasteiger partial charge in [0.05, 0.1) is 6.61 Å². The fourth-order valence-corrected chi connectivity index (χ4v) is 1.07. The number of carbonyl (C=O) groups excluding carboxylic acids is 1. The van der Waals surface area contributed by atoms with Gasteiger partial charge in [-0.05, 0) is 6.92 Å². The van der Waals surface area contributed by atoms with E-state index in [4.69, 9.17) is 9.47 Å². The van der Waals surface area contributed by atoms with Crippen LogP contribution < -0.4 is 103 Å². The van der Waals surface area contributed by atoms with Gasteiger partial charge in [-0.25, -0.2) is 21.6 Å². The number of ether oxygens (including phenoxy) is 2. The molecule has 118 valence electrons. The van der Waals surface area contributed by atoms with Crippen LogP contribution in [-0.2, 0) is 43.7 Å². The van der Waals surface area contributed by atoms with E-state index in [9.17, 15) is 30.7 Å². The Balaban J connectivity index is -0.000000301. The minimum absolute atomic E-state index is 0. The molecule has 0 aromatic rings. The van der Waals surface area contributed by atoms with Crippen LogP contribution >= 0.6 is 0 Å². The zero-order chi connectivity index (χ0) is 16.0. The Kier molecular flexibility index (Phi) is 17.6. The number of epoxide rings is 1. The molecule has 0 aromatic heterocycles. The van der Waals surface area contributed by atoms with Gasteiger partial charge < -0.3 is 18.6 Å². The molecule has 0 radical (unpaired) electrons. The predicted octanol–water partition coefficient (Wildman–Crippen LogP) is -7.63. The molecule has 1 atom stereocenters. The third-order valence-corrected chi connectivity index (χ3v) is 1.90. The number of hydrogen-bond donors (Lipinski definition) is 0. The molecule has 1 unspecified atom stereocenters. The van der Waals surface area contributed by atoms with E-state index < -0.39 is 20.8 Å². The molecule has 15 heteroatoms. The van der Waals surface area contributed by atoms with Crippen molar-refractivity contribution in [3.63, 3.8) is 0 Å². The third kappa shape index (κ3) is 22.2. The molecule has 0 amide bonds. The van der Waals surface area contributed by atoms with Crippen molar-refractivity contribution in [3.8, 4) is 0 Å². The molecule has 11 nitrogen and oxygen atoms in total. The van der Waals surface area contributed by atoms with Crippen LogP contribution in [0.2, 0.25) is 0 Å². The summed E-state index contributed by atoms with van der Waals surface area (Å²) in [6, 6.07) is 0. The molecular formula is C7H10K2O11S2. The molecule has 1 saturated heterocycles. The molecule has 0 saturated carbocycles. The van der Waals surface area contributed by atoms with E-state index in [0.29, 0.717) is 18.8 Å². The van der Waals surface area contributed by atoms with Gasteiger partial charge in [-0.1, -0.05) is 6.58 Å². The SMILES string of the molecule is C=C(C)C(=O)OCC1CO1.O=S(=O)([O-])OOS(=O)(=O)[O-].[K+].[K+]. The van der Waals surface area contributed by atoms with Crippen molar-refractivity contribution >= 4 is 26.8 Å². The fraction of sp³-hybridized carbons (Fsp3) is 0.571. The number of rotatable bonds is 6. The van der Waals surface area contributed by atoms with E-state index in [0.717, 1.165) is 0 Å². The first-order valence-electron chi connectivity index (χ1n) is 4.64. The van der Waals surface area contributed by atoms with Crippen molar-refractivity contribution in [2.24, 2.45) is 0 Å². The summed E-state index contributed by atoms with van der Waals surface area (Å²) in [5.74, 6) is -0.337. The van der Waals surface area contributed by atoms with Gasteiger partial charge in [-0.3, -0.25) is 0 Å². The van der Waals surface area contributed by atoms with Gasteiger partial charge in [0.15, 0.2) is 0 Å². The number of hydrogen-bond acceptors (Lipinski definition) is 11. The monoisotopic (exact) mass is 412 g/mol. The molecule has 1 aliphatic rings. The summed E-state index contributed by atoms with van der Waals surface area (Å²) in [7, 11) is -10.6. The Morgan fingerprint density at radius 3 is 1.77 bits per heavy atom. The van der Waals surface area contributed by atoms with Crippen molar-refractivity contribution in [1.82, 2.24) is 0 Å². The Bertz CT molecular complexity index is 519. The Morgan fingerprint density at radius 1 is 1.18 bits per heavy atom. The van der Waals surface area contributed by atoms with E-state index in [1.165, 1.54) is 0 Å². The van der Waals surface area contributed by atoms with Gasteiger partial charge in [0.2, 0.25) is 20.8 Å². The molecule has 1 heterocycles. The summed E-state index contributed by atoms with van der Waals surface area (Å²) in [6.45, 7) is 6.14. The van der Waals surface area contributed by atoms with Crippen molar-refractivity contribution in [2.45, 2.75) is 13.0 Å². The fourth-order valence-electron chi connectivity index (χ4n) is 0.524. The van der Waals surface area contributed by atoms with Crippen LogP contribution in [0.4, 0.5) is 0 Å². The smallest absolute Gasteiger partial charge is 0.724 e. The first-order chi connectivity index (χ1) is 8.91. The van der Waals surface area contributed by atoms with Gasteiger partial charge in [-0.15, -0.1) is 8.67 Å². The average molecular weight is 412 g/mol. The van der Waals surface area contributed by atoms with Crippen LogP contribution in [0.25, 0.3) is 0 Å². The van der Waals surface area contributed by atoms with Crippen LogP contribution in [-0.4, -0.2) is 51.2 Å². The summed E-state index contributed by atoms with van der Waals surface area (Å²) < 4.78 is 71.0. The van der Waals surface area contributed by atoms with E-state index >= 15 is 0 Å². The van der Waals surface area contributed by atoms with Crippen LogP contribution in [0.3, 0.4) is 0 Å². The summed E-state index contributed by atoms with van der Waals surface area (Å²) in [4.78, 5) is 10.7.